The zero-order valence-electron chi connectivity index (χ0n) is 17.7. The molecule has 7 heteroatoms. The highest BCUT2D eigenvalue weighted by Crippen LogP contribution is 2.48. The van der Waals surface area contributed by atoms with E-state index in [4.69, 9.17) is 0 Å². The predicted octanol–water partition coefficient (Wildman–Crippen LogP) is 5.29. The molecular formula is C27H25FN2O3S. The van der Waals surface area contributed by atoms with Gasteiger partial charge >= 0.3 is 0 Å². The van der Waals surface area contributed by atoms with Crippen molar-refractivity contribution in [1.29, 1.82) is 0 Å². The highest BCUT2D eigenvalue weighted by atomic mass is 32.2. The van der Waals surface area contributed by atoms with Gasteiger partial charge in [-0.05, 0) is 53.8 Å². The fraction of sp³-hybridized carbons (Fsp3) is 0.222. The van der Waals surface area contributed by atoms with Crippen molar-refractivity contribution in [3.63, 3.8) is 0 Å². The van der Waals surface area contributed by atoms with Crippen LogP contribution in [-0.4, -0.2) is 24.2 Å². The molecule has 2 aromatic carbocycles. The lowest BCUT2D eigenvalue weighted by molar-refractivity contribution is -0.119. The van der Waals surface area contributed by atoms with Crippen LogP contribution in [0.1, 0.15) is 36.6 Å². The van der Waals surface area contributed by atoms with Gasteiger partial charge in [0.2, 0.25) is 0 Å². The van der Waals surface area contributed by atoms with E-state index in [1.54, 1.807) is 73.1 Å². The van der Waals surface area contributed by atoms with Gasteiger partial charge in [0.1, 0.15) is 11.6 Å². The third-order valence-corrected chi connectivity index (χ3v) is 7.80. The van der Waals surface area contributed by atoms with Gasteiger partial charge in [-0.25, -0.2) is 12.8 Å². The largest absolute Gasteiger partial charge is 0.299 e. The van der Waals surface area contributed by atoms with Gasteiger partial charge in [-0.1, -0.05) is 37.8 Å². The van der Waals surface area contributed by atoms with Crippen LogP contribution in [0.2, 0.25) is 0 Å². The summed E-state index contributed by atoms with van der Waals surface area (Å²) < 4.78 is 40.1. The number of benzene rings is 2. The number of pyridine rings is 2. The fourth-order valence-electron chi connectivity index (χ4n) is 4.23. The summed E-state index contributed by atoms with van der Waals surface area (Å²) in [5.74, 6) is -0.668. The number of Topliss-reactive ketones (excluding diaryl/α,β-unsaturated/α-hetero) is 1. The Bertz CT molecular complexity index is 1440. The molecule has 0 N–H and O–H groups in total. The first-order chi connectivity index (χ1) is 15.9. The van der Waals surface area contributed by atoms with Gasteiger partial charge in [0.15, 0.2) is 9.84 Å². The van der Waals surface area contributed by atoms with Crippen molar-refractivity contribution in [2.75, 3.05) is 0 Å². The van der Waals surface area contributed by atoms with Gasteiger partial charge in [0, 0.05) is 41.7 Å². The lowest BCUT2D eigenvalue weighted by Gasteiger charge is -2.07. The number of nitrogens with zero attached hydrogens (tertiary/aromatic N) is 2. The Morgan fingerprint density at radius 2 is 1.79 bits per heavy atom. The molecule has 2 heterocycles. The molecular weight excluding hydrogens is 451 g/mol. The highest BCUT2D eigenvalue weighted by molar-refractivity contribution is 7.90. The molecule has 0 saturated heterocycles. The number of halogens is 1. The Kier molecular flexibility index (Phi) is 6.57. The number of carbonyl (C=O) groups is 1. The number of ketones is 1. The normalized spacial score (nSPS) is 17.2. The van der Waals surface area contributed by atoms with E-state index >= 15 is 0 Å². The van der Waals surface area contributed by atoms with Gasteiger partial charge in [0.05, 0.1) is 16.3 Å². The maximum Gasteiger partial charge on any atom is 0.184 e. The van der Waals surface area contributed by atoms with Gasteiger partial charge in [-0.2, -0.15) is 0 Å². The molecule has 0 radical (unpaired) electrons. The van der Waals surface area contributed by atoms with Crippen molar-refractivity contribution >= 4 is 26.4 Å². The number of rotatable bonds is 7. The van der Waals surface area contributed by atoms with Crippen molar-refractivity contribution in [3.8, 4) is 0 Å². The summed E-state index contributed by atoms with van der Waals surface area (Å²) in [4.78, 5) is 21.1. The SMILES string of the molecule is C.O=C(Cc1ccc2cnccc2c1F)[C@@H]1CC1c1ccc(S(=O)(=O)Cc2ccccn2)cc1. The van der Waals surface area contributed by atoms with E-state index in [9.17, 15) is 17.6 Å². The van der Waals surface area contributed by atoms with Crippen LogP contribution in [0.15, 0.2) is 84.1 Å². The van der Waals surface area contributed by atoms with Crippen LogP contribution in [0.25, 0.3) is 10.8 Å². The second-order valence-electron chi connectivity index (χ2n) is 8.38. The van der Waals surface area contributed by atoms with Crippen molar-refractivity contribution in [2.24, 2.45) is 5.92 Å². The second-order valence-corrected chi connectivity index (χ2v) is 10.4. The minimum Gasteiger partial charge on any atom is -0.299 e. The molecule has 1 aliphatic rings. The standard InChI is InChI=1S/C26H21FN2O3S.CH4/c27-26-18(4-5-19-15-28-12-10-22(19)26)13-25(30)24-14-23(24)17-6-8-21(9-7-17)33(31,32)16-20-3-1-2-11-29-20;/h1-12,15,23-24H,13-14,16H2;1H4/t23?,24-;/m1./s1. The van der Waals surface area contributed by atoms with Crippen LogP contribution in [0, 0.1) is 11.7 Å². The maximum atomic E-state index is 14.8. The van der Waals surface area contributed by atoms with E-state index in [-0.39, 0.29) is 47.9 Å². The lowest BCUT2D eigenvalue weighted by Crippen LogP contribution is -2.08. The number of aromatic nitrogens is 2. The molecule has 34 heavy (non-hydrogen) atoms. The monoisotopic (exact) mass is 476 g/mol. The average molecular weight is 477 g/mol. The smallest absolute Gasteiger partial charge is 0.184 e. The zero-order chi connectivity index (χ0) is 23.0. The van der Waals surface area contributed by atoms with Gasteiger partial charge in [-0.3, -0.25) is 14.8 Å². The highest BCUT2D eigenvalue weighted by Gasteiger charge is 2.43. The molecule has 1 unspecified atom stereocenters. The van der Waals surface area contributed by atoms with Crippen molar-refractivity contribution in [3.05, 3.63) is 102 Å². The summed E-state index contributed by atoms with van der Waals surface area (Å²) in [5.41, 5.74) is 1.81. The van der Waals surface area contributed by atoms with Crippen LogP contribution in [0.4, 0.5) is 4.39 Å². The Morgan fingerprint density at radius 1 is 1.00 bits per heavy atom. The number of hydrogen-bond acceptors (Lipinski definition) is 5. The summed E-state index contributed by atoms with van der Waals surface area (Å²) in [6.45, 7) is 0. The number of carbonyl (C=O) groups excluding carboxylic acids is 1. The quantitative estimate of drug-likeness (QED) is 0.362. The molecule has 174 valence electrons. The molecule has 0 aliphatic heterocycles. The second kappa shape index (κ2) is 9.43. The summed E-state index contributed by atoms with van der Waals surface area (Å²) in [6.07, 6.45) is 5.44. The maximum absolute atomic E-state index is 14.8. The van der Waals surface area contributed by atoms with Crippen LogP contribution in [0.3, 0.4) is 0 Å². The molecule has 4 aromatic rings. The number of hydrogen-bond donors (Lipinski definition) is 0. The molecule has 0 bridgehead atoms. The van der Waals surface area contributed by atoms with E-state index in [0.29, 0.717) is 28.5 Å². The zero-order valence-corrected chi connectivity index (χ0v) is 18.5. The Hall–Kier alpha value is -3.45. The van der Waals surface area contributed by atoms with Crippen molar-refractivity contribution < 1.29 is 17.6 Å². The minimum atomic E-state index is -3.50. The molecule has 5 nitrogen and oxygen atoms in total. The summed E-state index contributed by atoms with van der Waals surface area (Å²) in [6, 6.07) is 16.9. The van der Waals surface area contributed by atoms with Crippen LogP contribution in [-0.2, 0) is 26.8 Å². The average Bonchev–Trinajstić information content (AvgIpc) is 3.63. The van der Waals surface area contributed by atoms with Crippen LogP contribution >= 0.6 is 0 Å². The van der Waals surface area contributed by atoms with E-state index in [1.807, 2.05) is 0 Å². The molecule has 5 rings (SSSR count). The first kappa shape index (κ1) is 23.7. The van der Waals surface area contributed by atoms with Gasteiger partial charge in [-0.15, -0.1) is 0 Å². The fourth-order valence-corrected chi connectivity index (χ4v) is 5.51. The first-order valence-electron chi connectivity index (χ1n) is 10.7. The minimum absolute atomic E-state index is 0. The van der Waals surface area contributed by atoms with Crippen LogP contribution < -0.4 is 0 Å². The van der Waals surface area contributed by atoms with E-state index in [0.717, 1.165) is 5.56 Å². The topological polar surface area (TPSA) is 77.0 Å². The first-order valence-corrected chi connectivity index (χ1v) is 12.3. The Labute approximate surface area is 198 Å². The summed E-state index contributed by atoms with van der Waals surface area (Å²) in [7, 11) is -3.50. The molecule has 1 fully saturated rings. The molecule has 0 spiro atoms. The summed E-state index contributed by atoms with van der Waals surface area (Å²) in [5, 5.41) is 1.17. The Balaban J connectivity index is 0.00000274. The van der Waals surface area contributed by atoms with Crippen molar-refractivity contribution in [2.45, 2.75) is 36.8 Å². The Morgan fingerprint density at radius 3 is 2.53 bits per heavy atom. The number of fused-ring (bicyclic) bond motifs is 1. The molecule has 2 atom stereocenters. The van der Waals surface area contributed by atoms with E-state index in [2.05, 4.69) is 9.97 Å². The van der Waals surface area contributed by atoms with Crippen LogP contribution in [0.5, 0.6) is 0 Å². The lowest BCUT2D eigenvalue weighted by atomic mass is 10.00. The number of sulfone groups is 1. The molecule has 1 aliphatic carbocycles. The summed E-state index contributed by atoms with van der Waals surface area (Å²) >= 11 is 0. The van der Waals surface area contributed by atoms with Crippen molar-refractivity contribution in [1.82, 2.24) is 9.97 Å². The molecule has 0 amide bonds. The van der Waals surface area contributed by atoms with E-state index in [1.165, 1.54) is 6.20 Å². The molecule has 2 aromatic heterocycles. The van der Waals surface area contributed by atoms with E-state index < -0.39 is 9.84 Å². The molecule has 1 saturated carbocycles. The van der Waals surface area contributed by atoms with Gasteiger partial charge in [0.25, 0.3) is 0 Å². The third-order valence-electron chi connectivity index (χ3n) is 6.13. The third kappa shape index (κ3) is 4.75. The predicted molar refractivity (Wildman–Crippen MR) is 130 cm³/mol. The van der Waals surface area contributed by atoms with Gasteiger partial charge < -0.3 is 0 Å².